The van der Waals surface area contributed by atoms with E-state index in [2.05, 4.69) is 29.2 Å². The number of rotatable bonds is 6. The summed E-state index contributed by atoms with van der Waals surface area (Å²) in [6.45, 7) is 1.29. The first-order chi connectivity index (χ1) is 9.96. The highest BCUT2D eigenvalue weighted by Crippen LogP contribution is 2.43. The van der Waals surface area contributed by atoms with E-state index in [0.29, 0.717) is 19.5 Å². The van der Waals surface area contributed by atoms with Crippen LogP contribution in [0.15, 0.2) is 24.3 Å². The van der Waals surface area contributed by atoms with Crippen LogP contribution in [-0.2, 0) is 11.3 Å². The monoisotopic (exact) mass is 289 g/mol. The van der Waals surface area contributed by atoms with Crippen LogP contribution in [0.1, 0.15) is 31.2 Å². The van der Waals surface area contributed by atoms with Gasteiger partial charge < -0.3 is 15.5 Å². The smallest absolute Gasteiger partial charge is 0.223 e. The second-order valence-electron chi connectivity index (χ2n) is 6.55. The summed E-state index contributed by atoms with van der Waals surface area (Å²) in [4.78, 5) is 16.2. The lowest BCUT2D eigenvalue weighted by atomic mass is 9.66. The second-order valence-corrected chi connectivity index (χ2v) is 6.55. The summed E-state index contributed by atoms with van der Waals surface area (Å²) in [6.07, 6.45) is 4.00. The van der Waals surface area contributed by atoms with Gasteiger partial charge in [0.25, 0.3) is 0 Å². The summed E-state index contributed by atoms with van der Waals surface area (Å²) >= 11 is 0. The molecule has 0 unspecified atom stereocenters. The number of carbonyl (C=O) groups excluding carboxylic acids is 1. The maximum Gasteiger partial charge on any atom is 0.223 e. The second kappa shape index (κ2) is 6.48. The highest BCUT2D eigenvalue weighted by molar-refractivity contribution is 5.76. The van der Waals surface area contributed by atoms with Crippen molar-refractivity contribution < 1.29 is 4.79 Å². The fraction of sp³-hybridized carbons (Fsp3) is 0.588. The van der Waals surface area contributed by atoms with E-state index in [9.17, 15) is 4.79 Å². The van der Waals surface area contributed by atoms with Gasteiger partial charge in [0, 0.05) is 39.8 Å². The van der Waals surface area contributed by atoms with Gasteiger partial charge in [-0.05, 0) is 42.5 Å². The maximum atomic E-state index is 12.4. The topological polar surface area (TPSA) is 49.6 Å². The van der Waals surface area contributed by atoms with Gasteiger partial charge >= 0.3 is 0 Å². The van der Waals surface area contributed by atoms with Crippen LogP contribution in [0.3, 0.4) is 0 Å². The van der Waals surface area contributed by atoms with E-state index < -0.39 is 0 Å². The van der Waals surface area contributed by atoms with E-state index in [1.54, 1.807) is 0 Å². The van der Waals surface area contributed by atoms with Crippen LogP contribution in [0.25, 0.3) is 0 Å². The predicted octanol–water partition coefficient (Wildman–Crippen LogP) is 2.23. The third-order valence-electron chi connectivity index (χ3n) is 4.67. The molecule has 0 bridgehead atoms. The molecule has 0 spiro atoms. The van der Waals surface area contributed by atoms with Gasteiger partial charge in [0.15, 0.2) is 0 Å². The number of amides is 1. The van der Waals surface area contributed by atoms with E-state index in [1.165, 1.54) is 12.1 Å². The molecule has 1 aromatic rings. The molecule has 2 rings (SSSR count). The van der Waals surface area contributed by atoms with E-state index in [0.717, 1.165) is 18.4 Å². The molecule has 1 aromatic carbocycles. The average molecular weight is 289 g/mol. The Kier molecular flexibility index (Phi) is 4.88. The molecule has 1 aliphatic rings. The summed E-state index contributed by atoms with van der Waals surface area (Å²) in [6, 6.07) is 8.34. The van der Waals surface area contributed by atoms with Crippen molar-refractivity contribution in [2.75, 3.05) is 32.6 Å². The van der Waals surface area contributed by atoms with Crippen molar-refractivity contribution in [1.82, 2.24) is 4.90 Å². The molecule has 21 heavy (non-hydrogen) atoms. The number of nitrogens with zero attached hydrogens (tertiary/aromatic N) is 2. The standard InChI is InChI=1S/C17H27N3O/c1-19(2)15-7-5-14(6-8-15)12-20(3)16(21)11-17(13-18)9-4-10-17/h5-8H,4,9-13,18H2,1-3H3. The average Bonchev–Trinajstić information content (AvgIpc) is 2.43. The Bertz CT molecular complexity index is 472. The predicted molar refractivity (Wildman–Crippen MR) is 87.2 cm³/mol. The first-order valence-electron chi connectivity index (χ1n) is 7.66. The molecule has 2 N–H and O–H groups in total. The molecule has 1 aliphatic carbocycles. The zero-order chi connectivity index (χ0) is 15.5. The van der Waals surface area contributed by atoms with Gasteiger partial charge in [-0.1, -0.05) is 18.6 Å². The Labute approximate surface area is 127 Å². The third kappa shape index (κ3) is 3.76. The Hall–Kier alpha value is -1.55. The third-order valence-corrected chi connectivity index (χ3v) is 4.67. The van der Waals surface area contributed by atoms with Gasteiger partial charge in [0.2, 0.25) is 5.91 Å². The molecule has 0 aliphatic heterocycles. The minimum atomic E-state index is 0.0835. The van der Waals surface area contributed by atoms with Crippen molar-refractivity contribution in [2.24, 2.45) is 11.1 Å². The number of anilines is 1. The zero-order valence-corrected chi connectivity index (χ0v) is 13.4. The minimum absolute atomic E-state index is 0.0835. The lowest BCUT2D eigenvalue weighted by molar-refractivity contribution is -0.134. The number of carbonyl (C=O) groups is 1. The first-order valence-corrected chi connectivity index (χ1v) is 7.66. The quantitative estimate of drug-likeness (QED) is 0.873. The molecule has 4 nitrogen and oxygen atoms in total. The number of hydrogen-bond donors (Lipinski definition) is 1. The van der Waals surface area contributed by atoms with Crippen molar-refractivity contribution in [3.8, 4) is 0 Å². The van der Waals surface area contributed by atoms with E-state index in [-0.39, 0.29) is 11.3 Å². The molecule has 1 saturated carbocycles. The normalized spacial score (nSPS) is 16.2. The molecular weight excluding hydrogens is 262 g/mol. The van der Waals surface area contributed by atoms with Crippen molar-refractivity contribution in [3.63, 3.8) is 0 Å². The van der Waals surface area contributed by atoms with Crippen LogP contribution in [0.4, 0.5) is 5.69 Å². The van der Waals surface area contributed by atoms with Crippen LogP contribution < -0.4 is 10.6 Å². The van der Waals surface area contributed by atoms with E-state index in [4.69, 9.17) is 5.73 Å². The SMILES string of the molecule is CN(Cc1ccc(N(C)C)cc1)C(=O)CC1(CN)CCC1. The van der Waals surface area contributed by atoms with Crippen LogP contribution in [0.5, 0.6) is 0 Å². The van der Waals surface area contributed by atoms with Gasteiger partial charge in [0.05, 0.1) is 0 Å². The number of benzene rings is 1. The molecular formula is C17H27N3O. The molecule has 0 aromatic heterocycles. The molecule has 1 fully saturated rings. The van der Waals surface area contributed by atoms with Crippen LogP contribution in [0.2, 0.25) is 0 Å². The molecule has 4 heteroatoms. The largest absolute Gasteiger partial charge is 0.378 e. The van der Waals surface area contributed by atoms with Gasteiger partial charge in [0.1, 0.15) is 0 Å². The summed E-state index contributed by atoms with van der Waals surface area (Å²) in [7, 11) is 5.93. The van der Waals surface area contributed by atoms with Crippen molar-refractivity contribution in [1.29, 1.82) is 0 Å². The fourth-order valence-electron chi connectivity index (χ4n) is 2.85. The van der Waals surface area contributed by atoms with E-state index in [1.807, 2.05) is 26.0 Å². The number of hydrogen-bond acceptors (Lipinski definition) is 3. The molecule has 0 heterocycles. The number of nitrogens with two attached hydrogens (primary N) is 1. The highest BCUT2D eigenvalue weighted by Gasteiger charge is 2.38. The van der Waals surface area contributed by atoms with Crippen LogP contribution in [-0.4, -0.2) is 38.5 Å². The van der Waals surface area contributed by atoms with Crippen molar-refractivity contribution in [3.05, 3.63) is 29.8 Å². The zero-order valence-electron chi connectivity index (χ0n) is 13.4. The summed E-state index contributed by atoms with van der Waals surface area (Å²) in [5.41, 5.74) is 8.25. The van der Waals surface area contributed by atoms with Crippen molar-refractivity contribution >= 4 is 11.6 Å². The van der Waals surface area contributed by atoms with Gasteiger partial charge in [-0.25, -0.2) is 0 Å². The van der Waals surface area contributed by atoms with E-state index >= 15 is 0 Å². The van der Waals surface area contributed by atoms with Crippen LogP contribution >= 0.6 is 0 Å². The first kappa shape index (κ1) is 15.8. The highest BCUT2D eigenvalue weighted by atomic mass is 16.2. The summed E-state index contributed by atoms with van der Waals surface area (Å²) in [5, 5.41) is 0. The summed E-state index contributed by atoms with van der Waals surface area (Å²) in [5.74, 6) is 0.205. The van der Waals surface area contributed by atoms with Gasteiger partial charge in [-0.3, -0.25) is 4.79 Å². The molecule has 0 atom stereocenters. The molecule has 1 amide bonds. The Balaban J connectivity index is 1.91. The minimum Gasteiger partial charge on any atom is -0.378 e. The Morgan fingerprint density at radius 3 is 2.24 bits per heavy atom. The molecule has 0 saturated heterocycles. The lowest BCUT2D eigenvalue weighted by Gasteiger charge is -2.41. The van der Waals surface area contributed by atoms with Crippen LogP contribution in [0, 0.1) is 5.41 Å². The molecule has 0 radical (unpaired) electrons. The molecule has 116 valence electrons. The lowest BCUT2D eigenvalue weighted by Crippen LogP contribution is -2.42. The Morgan fingerprint density at radius 2 is 1.81 bits per heavy atom. The summed E-state index contributed by atoms with van der Waals surface area (Å²) < 4.78 is 0. The van der Waals surface area contributed by atoms with Gasteiger partial charge in [-0.15, -0.1) is 0 Å². The van der Waals surface area contributed by atoms with Crippen molar-refractivity contribution in [2.45, 2.75) is 32.2 Å². The van der Waals surface area contributed by atoms with Gasteiger partial charge in [-0.2, -0.15) is 0 Å². The fourth-order valence-corrected chi connectivity index (χ4v) is 2.85. The Morgan fingerprint density at radius 1 is 1.19 bits per heavy atom. The maximum absolute atomic E-state index is 12.4.